The molecule has 1 fully saturated rings. The van der Waals surface area contributed by atoms with Gasteiger partial charge in [-0.25, -0.2) is 9.69 Å². The number of aromatic nitrogens is 1. The Morgan fingerprint density at radius 2 is 2.17 bits per heavy atom. The summed E-state index contributed by atoms with van der Waals surface area (Å²) in [7, 11) is 0. The van der Waals surface area contributed by atoms with E-state index in [9.17, 15) is 4.79 Å². The Kier molecular flexibility index (Phi) is 5.23. The number of quaternary nitrogens is 1. The van der Waals surface area contributed by atoms with Crippen LogP contribution in [0.25, 0.3) is 0 Å². The molecule has 0 bridgehead atoms. The van der Waals surface area contributed by atoms with Gasteiger partial charge in [-0.15, -0.1) is 0 Å². The van der Waals surface area contributed by atoms with Crippen LogP contribution in [0, 0.1) is 0 Å². The molecule has 120 valence electrons. The summed E-state index contributed by atoms with van der Waals surface area (Å²) < 4.78 is 0. The van der Waals surface area contributed by atoms with Crippen molar-refractivity contribution in [3.8, 4) is 0 Å². The summed E-state index contributed by atoms with van der Waals surface area (Å²) in [4.78, 5) is 17.7. The average molecular weight is 332 g/mol. The van der Waals surface area contributed by atoms with Crippen molar-refractivity contribution in [2.45, 2.75) is 12.5 Å². The summed E-state index contributed by atoms with van der Waals surface area (Å²) in [5.41, 5.74) is 1.92. The van der Waals surface area contributed by atoms with E-state index in [-0.39, 0.29) is 12.1 Å². The Morgan fingerprint density at radius 3 is 2.91 bits per heavy atom. The molecule has 1 aliphatic rings. The number of urea groups is 1. The molecule has 2 aromatic rings. The maximum absolute atomic E-state index is 12.6. The largest absolute Gasteiger partial charge is 0.419 e. The van der Waals surface area contributed by atoms with Gasteiger partial charge in [0, 0.05) is 42.6 Å². The van der Waals surface area contributed by atoms with E-state index in [0.29, 0.717) is 5.02 Å². The van der Waals surface area contributed by atoms with Gasteiger partial charge in [-0.2, -0.15) is 0 Å². The van der Waals surface area contributed by atoms with Crippen LogP contribution in [0.5, 0.6) is 0 Å². The topological polar surface area (TPSA) is 58.5 Å². The van der Waals surface area contributed by atoms with Crippen LogP contribution in [-0.4, -0.2) is 36.7 Å². The second-order valence-corrected chi connectivity index (χ2v) is 6.14. The van der Waals surface area contributed by atoms with Crippen LogP contribution in [-0.2, 0) is 6.42 Å². The van der Waals surface area contributed by atoms with Gasteiger partial charge in [0.05, 0.1) is 6.54 Å². The summed E-state index contributed by atoms with van der Waals surface area (Å²) in [6, 6.07) is 11.4. The Labute approximate surface area is 140 Å². The Hall–Kier alpha value is -1.95. The zero-order valence-electron chi connectivity index (χ0n) is 12.8. The second kappa shape index (κ2) is 7.55. The van der Waals surface area contributed by atoms with E-state index in [0.717, 1.165) is 42.2 Å². The maximum Gasteiger partial charge on any atom is 0.419 e. The van der Waals surface area contributed by atoms with Crippen molar-refractivity contribution in [3.05, 3.63) is 59.4 Å². The van der Waals surface area contributed by atoms with Gasteiger partial charge < -0.3 is 5.32 Å². The van der Waals surface area contributed by atoms with E-state index in [1.54, 1.807) is 18.3 Å². The van der Waals surface area contributed by atoms with Crippen LogP contribution < -0.4 is 15.5 Å². The number of piperazine rings is 1. The fourth-order valence-corrected chi connectivity index (χ4v) is 2.99. The molecule has 0 aliphatic carbocycles. The van der Waals surface area contributed by atoms with Crippen molar-refractivity contribution in [1.29, 1.82) is 0 Å². The van der Waals surface area contributed by atoms with Crippen molar-refractivity contribution in [1.82, 2.24) is 10.3 Å². The van der Waals surface area contributed by atoms with Gasteiger partial charge in [0.25, 0.3) is 0 Å². The van der Waals surface area contributed by atoms with Crippen LogP contribution in [0.4, 0.5) is 10.5 Å². The summed E-state index contributed by atoms with van der Waals surface area (Å²) in [5.74, 6) is 0. The molecular weight excluding hydrogens is 312 g/mol. The van der Waals surface area contributed by atoms with E-state index < -0.39 is 0 Å². The molecule has 23 heavy (non-hydrogen) atoms. The lowest BCUT2D eigenvalue weighted by molar-refractivity contribution is -0.843. The molecule has 1 aromatic heterocycles. The van der Waals surface area contributed by atoms with Crippen LogP contribution in [0.3, 0.4) is 0 Å². The van der Waals surface area contributed by atoms with Gasteiger partial charge in [-0.05, 0) is 35.9 Å². The van der Waals surface area contributed by atoms with Gasteiger partial charge in [-0.3, -0.25) is 10.3 Å². The number of hydrogen-bond donors (Lipinski definition) is 3. The molecule has 3 rings (SSSR count). The predicted octanol–water partition coefficient (Wildman–Crippen LogP) is 1.37. The minimum Gasteiger partial charge on any atom is -0.306 e. The predicted molar refractivity (Wildman–Crippen MR) is 90.9 cm³/mol. The van der Waals surface area contributed by atoms with Crippen molar-refractivity contribution >= 4 is 23.3 Å². The molecule has 1 aromatic carbocycles. The zero-order valence-corrected chi connectivity index (χ0v) is 13.5. The Morgan fingerprint density at radius 1 is 1.35 bits per heavy atom. The number of nitrogens with one attached hydrogen (secondary N) is 3. The first-order chi connectivity index (χ1) is 11.2. The number of rotatable bonds is 3. The van der Waals surface area contributed by atoms with Crippen molar-refractivity contribution < 1.29 is 9.69 Å². The first-order valence-corrected chi connectivity index (χ1v) is 8.12. The summed E-state index contributed by atoms with van der Waals surface area (Å²) in [6.07, 6.45) is 4.45. The Bertz CT molecular complexity index is 647. The van der Waals surface area contributed by atoms with E-state index in [4.69, 9.17) is 11.6 Å². The lowest BCUT2D eigenvalue weighted by Gasteiger charge is -2.31. The molecule has 3 N–H and O–H groups in total. The molecule has 0 spiro atoms. The minimum atomic E-state index is 0.00251. The van der Waals surface area contributed by atoms with Gasteiger partial charge in [-0.1, -0.05) is 17.7 Å². The summed E-state index contributed by atoms with van der Waals surface area (Å²) >= 11 is 5.88. The van der Waals surface area contributed by atoms with Gasteiger partial charge in [0.15, 0.2) is 0 Å². The van der Waals surface area contributed by atoms with Crippen molar-refractivity contribution in [2.75, 3.05) is 25.0 Å². The highest BCUT2D eigenvalue weighted by Crippen LogP contribution is 2.13. The molecule has 2 atom stereocenters. The fourth-order valence-electron chi connectivity index (χ4n) is 2.87. The quantitative estimate of drug-likeness (QED) is 0.796. The fraction of sp³-hybridized carbons (Fsp3) is 0.294. The third-order valence-electron chi connectivity index (χ3n) is 4.05. The molecule has 0 saturated carbocycles. The third kappa shape index (κ3) is 4.28. The molecular formula is C17H20ClN4O+. The normalized spacial score (nSPS) is 20.9. The molecule has 6 heteroatoms. The van der Waals surface area contributed by atoms with E-state index in [1.807, 2.05) is 24.4 Å². The number of pyridine rings is 1. The number of nitrogens with zero attached hydrogens (tertiary/aromatic N) is 1. The number of amides is 2. The SMILES string of the molecule is O=C(Nc1ccc(Cl)cc1)[NH+]1CCNCC1Cc1cccnc1. The van der Waals surface area contributed by atoms with Crippen molar-refractivity contribution in [3.63, 3.8) is 0 Å². The number of benzene rings is 1. The van der Waals surface area contributed by atoms with Gasteiger partial charge >= 0.3 is 6.03 Å². The van der Waals surface area contributed by atoms with Crippen LogP contribution in [0.15, 0.2) is 48.8 Å². The molecule has 5 nitrogen and oxygen atoms in total. The third-order valence-corrected chi connectivity index (χ3v) is 4.31. The molecule has 1 aliphatic heterocycles. The highest BCUT2D eigenvalue weighted by Gasteiger charge is 2.32. The number of carbonyl (C=O) groups is 1. The lowest BCUT2D eigenvalue weighted by atomic mass is 10.0. The standard InChI is InChI=1S/C17H19ClN4O/c18-14-3-5-15(6-4-14)21-17(23)22-9-8-20-12-16(22)10-13-2-1-7-19-11-13/h1-7,11,16,20H,8-10,12H2,(H,21,23)/p+1. The lowest BCUT2D eigenvalue weighted by Crippen LogP contribution is -3.21. The average Bonchev–Trinajstić information content (AvgIpc) is 2.58. The monoisotopic (exact) mass is 331 g/mol. The van der Waals surface area contributed by atoms with Gasteiger partial charge in [0.2, 0.25) is 0 Å². The smallest absolute Gasteiger partial charge is 0.306 e. The minimum absolute atomic E-state index is 0.00251. The van der Waals surface area contributed by atoms with E-state index >= 15 is 0 Å². The maximum atomic E-state index is 12.6. The number of carbonyl (C=O) groups excluding carboxylic acids is 1. The molecule has 2 heterocycles. The molecule has 0 radical (unpaired) electrons. The number of anilines is 1. The van der Waals surface area contributed by atoms with Crippen LogP contribution in [0.2, 0.25) is 5.02 Å². The second-order valence-electron chi connectivity index (χ2n) is 5.70. The Balaban J connectivity index is 1.67. The van der Waals surface area contributed by atoms with Crippen LogP contribution >= 0.6 is 11.6 Å². The first kappa shape index (κ1) is 15.9. The van der Waals surface area contributed by atoms with E-state index in [1.165, 1.54) is 0 Å². The highest BCUT2D eigenvalue weighted by molar-refractivity contribution is 6.30. The molecule has 1 saturated heterocycles. The first-order valence-electron chi connectivity index (χ1n) is 7.74. The molecule has 2 amide bonds. The van der Waals surface area contributed by atoms with Gasteiger partial charge in [0.1, 0.15) is 6.04 Å². The van der Waals surface area contributed by atoms with E-state index in [2.05, 4.69) is 21.7 Å². The number of halogens is 1. The van der Waals surface area contributed by atoms with Crippen LogP contribution in [0.1, 0.15) is 5.56 Å². The van der Waals surface area contributed by atoms with Crippen molar-refractivity contribution in [2.24, 2.45) is 0 Å². The summed E-state index contributed by atoms with van der Waals surface area (Å²) in [5, 5.41) is 7.01. The highest BCUT2D eigenvalue weighted by atomic mass is 35.5. The molecule has 2 unspecified atom stereocenters. The number of hydrogen-bond acceptors (Lipinski definition) is 3. The zero-order chi connectivity index (χ0) is 16.1. The summed E-state index contributed by atoms with van der Waals surface area (Å²) in [6.45, 7) is 2.43.